The van der Waals surface area contributed by atoms with Crippen LogP contribution >= 0.6 is 0 Å². The summed E-state index contributed by atoms with van der Waals surface area (Å²) in [5.74, 6) is 6.63. The predicted molar refractivity (Wildman–Crippen MR) is 119 cm³/mol. The molecule has 2 aromatic rings. The highest BCUT2D eigenvalue weighted by Crippen LogP contribution is 2.37. The molecule has 0 radical (unpaired) electrons. The average Bonchev–Trinajstić information content (AvgIpc) is 2.77. The van der Waals surface area contributed by atoms with E-state index in [0.717, 1.165) is 44.2 Å². The van der Waals surface area contributed by atoms with Crippen molar-refractivity contribution in [3.63, 3.8) is 0 Å². The van der Waals surface area contributed by atoms with E-state index in [0.29, 0.717) is 23.8 Å². The SMILES string of the molecule is CCCCc1ccc(C2CCC(CC(O)C#Cc3ccc(C(F)(F)F)cc3)CC2)cc1. The number of rotatable bonds is 6. The third kappa shape index (κ3) is 7.14. The minimum atomic E-state index is -4.35. The lowest BCUT2D eigenvalue weighted by atomic mass is 9.77. The predicted octanol–water partition coefficient (Wildman–Crippen LogP) is 7.12. The van der Waals surface area contributed by atoms with Gasteiger partial charge in [0.2, 0.25) is 0 Å². The Labute approximate surface area is 183 Å². The van der Waals surface area contributed by atoms with Gasteiger partial charge in [-0.3, -0.25) is 0 Å². The van der Waals surface area contributed by atoms with E-state index in [9.17, 15) is 18.3 Å². The molecule has 0 saturated heterocycles. The van der Waals surface area contributed by atoms with E-state index in [-0.39, 0.29) is 0 Å². The van der Waals surface area contributed by atoms with Crippen LogP contribution in [-0.2, 0) is 12.6 Å². The number of benzene rings is 2. The molecule has 31 heavy (non-hydrogen) atoms. The Kier molecular flexibility index (Phi) is 8.21. The molecule has 0 aromatic heterocycles. The second-order valence-corrected chi connectivity index (χ2v) is 8.66. The minimum Gasteiger partial charge on any atom is -0.380 e. The summed E-state index contributed by atoms with van der Waals surface area (Å²) in [5, 5.41) is 10.3. The number of hydrogen-bond donors (Lipinski definition) is 1. The Balaban J connectivity index is 1.46. The first-order valence-corrected chi connectivity index (χ1v) is 11.3. The van der Waals surface area contributed by atoms with E-state index in [1.54, 1.807) is 0 Å². The zero-order chi connectivity index (χ0) is 22.3. The van der Waals surface area contributed by atoms with Gasteiger partial charge in [0.1, 0.15) is 6.10 Å². The number of aliphatic hydroxyl groups is 1. The van der Waals surface area contributed by atoms with Gasteiger partial charge in [0, 0.05) is 5.56 Å². The summed E-state index contributed by atoms with van der Waals surface area (Å²) < 4.78 is 37.8. The second kappa shape index (κ2) is 10.9. The molecule has 0 bridgehead atoms. The fourth-order valence-electron chi connectivity index (χ4n) is 4.35. The molecule has 1 saturated carbocycles. The van der Waals surface area contributed by atoms with E-state index >= 15 is 0 Å². The standard InChI is InChI=1S/C27H31F3O/c1-2-3-4-20-5-12-23(13-6-20)24-14-7-22(8-15-24)19-26(31)18-11-21-9-16-25(17-10-21)27(28,29)30/h5-6,9-10,12-13,16-17,22,24,26,31H,2-4,7-8,14-15,19H2,1H3. The van der Waals surface area contributed by atoms with E-state index in [4.69, 9.17) is 0 Å². The van der Waals surface area contributed by atoms with Crippen molar-refractivity contribution in [2.75, 3.05) is 0 Å². The molecule has 4 heteroatoms. The lowest BCUT2D eigenvalue weighted by Gasteiger charge is -2.29. The molecule has 0 aliphatic heterocycles. The summed E-state index contributed by atoms with van der Waals surface area (Å²) in [5.41, 5.74) is 2.62. The molecule has 2 aromatic carbocycles. The van der Waals surface area contributed by atoms with Gasteiger partial charge < -0.3 is 5.11 Å². The third-order valence-electron chi connectivity index (χ3n) is 6.27. The maximum atomic E-state index is 12.6. The molecule has 0 spiro atoms. The van der Waals surface area contributed by atoms with Crippen LogP contribution in [0.5, 0.6) is 0 Å². The fourth-order valence-corrected chi connectivity index (χ4v) is 4.35. The summed E-state index contributed by atoms with van der Waals surface area (Å²) in [6, 6.07) is 13.8. The van der Waals surface area contributed by atoms with E-state index in [1.165, 1.54) is 36.1 Å². The first kappa shape index (κ1) is 23.4. The third-order valence-corrected chi connectivity index (χ3v) is 6.27. The largest absolute Gasteiger partial charge is 0.416 e. The molecule has 1 aliphatic rings. The van der Waals surface area contributed by atoms with Crippen molar-refractivity contribution in [2.24, 2.45) is 5.92 Å². The first-order valence-electron chi connectivity index (χ1n) is 11.3. The van der Waals surface area contributed by atoms with Crippen LogP contribution in [0.3, 0.4) is 0 Å². The molecule has 0 amide bonds. The van der Waals surface area contributed by atoms with Gasteiger partial charge >= 0.3 is 6.18 Å². The Hall–Kier alpha value is -2.25. The minimum absolute atomic E-state index is 0.442. The topological polar surface area (TPSA) is 20.2 Å². The normalized spacial score (nSPS) is 20.0. The van der Waals surface area contributed by atoms with E-state index < -0.39 is 17.8 Å². The summed E-state index contributed by atoms with van der Waals surface area (Å²) in [6.45, 7) is 2.21. The van der Waals surface area contributed by atoms with Crippen LogP contribution in [0, 0.1) is 17.8 Å². The summed E-state index contributed by atoms with van der Waals surface area (Å²) in [7, 11) is 0. The zero-order valence-corrected chi connectivity index (χ0v) is 18.1. The van der Waals surface area contributed by atoms with Crippen molar-refractivity contribution in [3.05, 3.63) is 70.8 Å². The summed E-state index contributed by atoms with van der Waals surface area (Å²) in [6.07, 6.45) is 3.51. The highest BCUT2D eigenvalue weighted by atomic mass is 19.4. The van der Waals surface area contributed by atoms with Crippen molar-refractivity contribution in [2.45, 2.75) is 76.5 Å². The van der Waals surface area contributed by atoms with Gasteiger partial charge in [0.15, 0.2) is 0 Å². The van der Waals surface area contributed by atoms with E-state index in [1.807, 2.05) is 0 Å². The van der Waals surface area contributed by atoms with Crippen LogP contribution in [0.25, 0.3) is 0 Å². The van der Waals surface area contributed by atoms with Crippen molar-refractivity contribution in [3.8, 4) is 11.8 Å². The molecule has 1 aliphatic carbocycles. The number of aliphatic hydroxyl groups excluding tert-OH is 1. The maximum Gasteiger partial charge on any atom is 0.416 e. The number of alkyl halides is 3. The first-order chi connectivity index (χ1) is 14.8. The second-order valence-electron chi connectivity index (χ2n) is 8.66. The van der Waals surface area contributed by atoms with E-state index in [2.05, 4.69) is 43.0 Å². The van der Waals surface area contributed by atoms with Crippen molar-refractivity contribution in [1.29, 1.82) is 0 Å². The number of unbranched alkanes of at least 4 members (excludes halogenated alkanes) is 1. The molecule has 0 heterocycles. The van der Waals surface area contributed by atoms with Gasteiger partial charge in [0.05, 0.1) is 5.56 Å². The van der Waals surface area contributed by atoms with Gasteiger partial charge in [-0.2, -0.15) is 13.2 Å². The van der Waals surface area contributed by atoms with Gasteiger partial charge in [-0.15, -0.1) is 0 Å². The Morgan fingerprint density at radius 1 is 0.968 bits per heavy atom. The fraction of sp³-hybridized carbons (Fsp3) is 0.481. The zero-order valence-electron chi connectivity index (χ0n) is 18.1. The van der Waals surface area contributed by atoms with Crippen LogP contribution in [0.1, 0.15) is 80.0 Å². The Morgan fingerprint density at radius 3 is 2.19 bits per heavy atom. The van der Waals surface area contributed by atoms with Crippen LogP contribution in [0.2, 0.25) is 0 Å². The maximum absolute atomic E-state index is 12.6. The van der Waals surface area contributed by atoms with Gasteiger partial charge in [0.25, 0.3) is 0 Å². The Morgan fingerprint density at radius 2 is 1.61 bits per heavy atom. The quantitative estimate of drug-likeness (QED) is 0.486. The lowest BCUT2D eigenvalue weighted by molar-refractivity contribution is -0.137. The number of halogens is 3. The van der Waals surface area contributed by atoms with Crippen molar-refractivity contribution < 1.29 is 18.3 Å². The van der Waals surface area contributed by atoms with Crippen LogP contribution < -0.4 is 0 Å². The van der Waals surface area contributed by atoms with Gasteiger partial charge in [-0.25, -0.2) is 0 Å². The van der Waals surface area contributed by atoms with Crippen LogP contribution in [0.4, 0.5) is 13.2 Å². The molecule has 1 nitrogen and oxygen atoms in total. The lowest BCUT2D eigenvalue weighted by Crippen LogP contribution is -2.18. The van der Waals surface area contributed by atoms with Crippen LogP contribution in [0.15, 0.2) is 48.5 Å². The van der Waals surface area contributed by atoms with Crippen molar-refractivity contribution in [1.82, 2.24) is 0 Å². The number of aryl methyl sites for hydroxylation is 1. The van der Waals surface area contributed by atoms with Crippen LogP contribution in [-0.4, -0.2) is 11.2 Å². The average molecular weight is 429 g/mol. The Bertz CT molecular complexity index is 864. The highest BCUT2D eigenvalue weighted by Gasteiger charge is 2.29. The molecule has 3 rings (SSSR count). The molecule has 166 valence electrons. The highest BCUT2D eigenvalue weighted by molar-refractivity contribution is 5.37. The van der Waals surface area contributed by atoms with Gasteiger partial charge in [-0.05, 0) is 92.2 Å². The molecular formula is C27H31F3O. The van der Waals surface area contributed by atoms with Gasteiger partial charge in [-0.1, -0.05) is 49.5 Å². The van der Waals surface area contributed by atoms with Crippen molar-refractivity contribution >= 4 is 0 Å². The smallest absolute Gasteiger partial charge is 0.380 e. The summed E-state index contributed by atoms with van der Waals surface area (Å²) >= 11 is 0. The monoisotopic (exact) mass is 428 g/mol. The molecular weight excluding hydrogens is 397 g/mol. The molecule has 1 atom stereocenters. The molecule has 1 unspecified atom stereocenters. The number of hydrogen-bond acceptors (Lipinski definition) is 1. The molecule has 1 N–H and O–H groups in total. The summed E-state index contributed by atoms with van der Waals surface area (Å²) in [4.78, 5) is 0. The molecule has 1 fully saturated rings.